The van der Waals surface area contributed by atoms with Gasteiger partial charge in [0.1, 0.15) is 11.5 Å². The smallest absolute Gasteiger partial charge is 0.163 e. The average molecular weight is 447 g/mol. The third kappa shape index (κ3) is 3.62. The summed E-state index contributed by atoms with van der Waals surface area (Å²) < 4.78 is 6.51. The molecule has 3 aliphatic rings. The molecular formula is C31H26O3. The molecular weight excluding hydrogens is 420 g/mol. The molecule has 0 saturated heterocycles. The van der Waals surface area contributed by atoms with Crippen LogP contribution < -0.4 is 0 Å². The first-order valence-electron chi connectivity index (χ1n) is 12.0. The van der Waals surface area contributed by atoms with Crippen molar-refractivity contribution in [3.63, 3.8) is 0 Å². The van der Waals surface area contributed by atoms with Crippen LogP contribution in [-0.4, -0.2) is 11.6 Å². The number of carbonyl (C=O) groups is 2. The number of hydrogen-bond donors (Lipinski definition) is 0. The highest BCUT2D eigenvalue weighted by Crippen LogP contribution is 2.51. The van der Waals surface area contributed by atoms with Crippen LogP contribution in [0, 0.1) is 0 Å². The summed E-state index contributed by atoms with van der Waals surface area (Å²) in [5, 5.41) is 0. The second-order valence-electron chi connectivity index (χ2n) is 9.50. The number of benzene rings is 3. The molecule has 6 rings (SSSR count). The third-order valence-electron chi connectivity index (χ3n) is 7.43. The summed E-state index contributed by atoms with van der Waals surface area (Å²) in [7, 11) is 0. The van der Waals surface area contributed by atoms with Gasteiger partial charge in [-0.2, -0.15) is 0 Å². The molecule has 0 amide bonds. The molecule has 1 aliphatic heterocycles. The lowest BCUT2D eigenvalue weighted by Crippen LogP contribution is -2.33. The van der Waals surface area contributed by atoms with Gasteiger partial charge in [-0.25, -0.2) is 0 Å². The lowest BCUT2D eigenvalue weighted by molar-refractivity contribution is -0.118. The van der Waals surface area contributed by atoms with Crippen LogP contribution in [0.1, 0.15) is 60.1 Å². The van der Waals surface area contributed by atoms with Crippen LogP contribution in [0.15, 0.2) is 114 Å². The molecule has 0 spiro atoms. The Morgan fingerprint density at radius 2 is 0.882 bits per heavy atom. The van der Waals surface area contributed by atoms with E-state index >= 15 is 0 Å². The maximum atomic E-state index is 13.6. The first kappa shape index (κ1) is 20.9. The van der Waals surface area contributed by atoms with Gasteiger partial charge in [-0.3, -0.25) is 9.59 Å². The van der Waals surface area contributed by atoms with Gasteiger partial charge in [-0.1, -0.05) is 91.0 Å². The highest BCUT2D eigenvalue weighted by atomic mass is 16.5. The van der Waals surface area contributed by atoms with E-state index in [1.165, 1.54) is 0 Å². The quantitative estimate of drug-likeness (QED) is 0.455. The van der Waals surface area contributed by atoms with E-state index in [9.17, 15) is 9.59 Å². The summed E-state index contributed by atoms with van der Waals surface area (Å²) in [6, 6.07) is 30.4. The molecule has 0 saturated carbocycles. The molecule has 2 unspecified atom stereocenters. The molecule has 3 aromatic carbocycles. The number of rotatable bonds is 3. The number of hydrogen-bond acceptors (Lipinski definition) is 3. The van der Waals surface area contributed by atoms with Crippen molar-refractivity contribution in [3.05, 3.63) is 130 Å². The number of ketones is 2. The van der Waals surface area contributed by atoms with Crippen molar-refractivity contribution in [2.75, 3.05) is 0 Å². The first-order chi connectivity index (χ1) is 16.7. The molecule has 3 aromatic rings. The van der Waals surface area contributed by atoms with Crippen molar-refractivity contribution in [1.29, 1.82) is 0 Å². The van der Waals surface area contributed by atoms with Gasteiger partial charge in [0.25, 0.3) is 0 Å². The van der Waals surface area contributed by atoms with Gasteiger partial charge in [0.2, 0.25) is 0 Å². The van der Waals surface area contributed by atoms with Crippen LogP contribution in [0.25, 0.3) is 0 Å². The topological polar surface area (TPSA) is 43.4 Å². The van der Waals surface area contributed by atoms with Crippen LogP contribution in [-0.2, 0) is 14.3 Å². The Labute approximate surface area is 199 Å². The van der Waals surface area contributed by atoms with E-state index in [0.29, 0.717) is 36.8 Å². The van der Waals surface area contributed by atoms with Gasteiger partial charge >= 0.3 is 0 Å². The van der Waals surface area contributed by atoms with Crippen LogP contribution in [0.3, 0.4) is 0 Å². The van der Waals surface area contributed by atoms with Crippen molar-refractivity contribution in [2.24, 2.45) is 0 Å². The zero-order valence-corrected chi connectivity index (χ0v) is 18.9. The monoisotopic (exact) mass is 446 g/mol. The predicted molar refractivity (Wildman–Crippen MR) is 131 cm³/mol. The Hall–Kier alpha value is -3.72. The van der Waals surface area contributed by atoms with Gasteiger partial charge in [-0.15, -0.1) is 0 Å². The molecule has 0 bridgehead atoms. The first-order valence-corrected chi connectivity index (χ1v) is 12.0. The number of ether oxygens (including phenoxy) is 1. The fourth-order valence-electron chi connectivity index (χ4n) is 5.82. The highest BCUT2D eigenvalue weighted by molar-refractivity contribution is 6.06. The highest BCUT2D eigenvalue weighted by Gasteiger charge is 2.45. The molecule has 0 radical (unpaired) electrons. The normalized spacial score (nSPS) is 24.4. The minimum atomic E-state index is -0.339. The van der Waals surface area contributed by atoms with Gasteiger partial charge in [0.15, 0.2) is 11.6 Å². The summed E-state index contributed by atoms with van der Waals surface area (Å²) in [4.78, 5) is 27.2. The van der Waals surface area contributed by atoms with Gasteiger partial charge < -0.3 is 4.74 Å². The number of allylic oxidation sites excluding steroid dienone is 4. The Balaban J connectivity index is 1.43. The van der Waals surface area contributed by atoms with E-state index in [1.54, 1.807) is 0 Å². The largest absolute Gasteiger partial charge is 0.465 e. The minimum absolute atomic E-state index is 0.0912. The van der Waals surface area contributed by atoms with E-state index in [1.807, 2.05) is 66.7 Å². The Morgan fingerprint density at radius 1 is 0.500 bits per heavy atom. The van der Waals surface area contributed by atoms with Gasteiger partial charge in [0, 0.05) is 42.7 Å². The summed E-state index contributed by atoms with van der Waals surface area (Å²) >= 11 is 0. The van der Waals surface area contributed by atoms with Gasteiger partial charge in [0.05, 0.1) is 0 Å². The second-order valence-corrected chi connectivity index (χ2v) is 9.50. The van der Waals surface area contributed by atoms with E-state index in [4.69, 9.17) is 4.74 Å². The third-order valence-corrected chi connectivity index (χ3v) is 7.43. The molecule has 0 aromatic heterocycles. The maximum Gasteiger partial charge on any atom is 0.163 e. The van der Waals surface area contributed by atoms with E-state index in [0.717, 1.165) is 28.2 Å². The zero-order chi connectivity index (χ0) is 23.1. The predicted octanol–water partition coefficient (Wildman–Crippen LogP) is 6.60. The molecule has 3 heteroatoms. The van der Waals surface area contributed by atoms with Crippen molar-refractivity contribution in [3.8, 4) is 0 Å². The summed E-state index contributed by atoms with van der Waals surface area (Å²) in [5.41, 5.74) is 4.67. The SMILES string of the molecule is O=C1CC(c2ccccc2)CC2=C1C(c1ccccc1)C1=C(CC(c3ccccc3)CC1=O)O2. The molecule has 34 heavy (non-hydrogen) atoms. The fraction of sp³-hybridized carbons (Fsp3) is 0.226. The Kier molecular flexibility index (Phi) is 5.26. The molecule has 2 aliphatic carbocycles. The molecule has 0 fully saturated rings. The van der Waals surface area contributed by atoms with E-state index in [-0.39, 0.29) is 29.3 Å². The summed E-state index contributed by atoms with van der Waals surface area (Å²) in [6.07, 6.45) is 2.24. The van der Waals surface area contributed by atoms with Crippen LogP contribution in [0.4, 0.5) is 0 Å². The summed E-state index contributed by atoms with van der Waals surface area (Å²) in [5.74, 6) is 1.53. The van der Waals surface area contributed by atoms with E-state index in [2.05, 4.69) is 24.3 Å². The van der Waals surface area contributed by atoms with Gasteiger partial charge in [-0.05, 0) is 28.5 Å². The maximum absolute atomic E-state index is 13.6. The molecule has 168 valence electrons. The van der Waals surface area contributed by atoms with E-state index < -0.39 is 0 Å². The molecule has 1 heterocycles. The fourth-order valence-corrected chi connectivity index (χ4v) is 5.82. The van der Waals surface area contributed by atoms with Crippen LogP contribution in [0.5, 0.6) is 0 Å². The molecule has 3 nitrogen and oxygen atoms in total. The van der Waals surface area contributed by atoms with Crippen molar-refractivity contribution in [1.82, 2.24) is 0 Å². The Morgan fingerprint density at radius 3 is 1.29 bits per heavy atom. The molecule has 2 atom stereocenters. The second kappa shape index (κ2) is 8.57. The Bertz CT molecular complexity index is 1220. The average Bonchev–Trinajstić information content (AvgIpc) is 2.89. The van der Waals surface area contributed by atoms with Crippen LogP contribution in [0.2, 0.25) is 0 Å². The van der Waals surface area contributed by atoms with Crippen LogP contribution >= 0.6 is 0 Å². The van der Waals surface area contributed by atoms with Crippen molar-refractivity contribution >= 4 is 11.6 Å². The minimum Gasteiger partial charge on any atom is -0.465 e. The van der Waals surface area contributed by atoms with Crippen molar-refractivity contribution < 1.29 is 14.3 Å². The standard InChI is InChI=1S/C31H26O3/c32-25-16-23(20-10-4-1-5-11-20)18-27-30(25)29(22-14-8-3-9-15-22)31-26(33)17-24(19-28(31)34-27)21-12-6-2-7-13-21/h1-15,23-24,29H,16-19H2. The summed E-state index contributed by atoms with van der Waals surface area (Å²) in [6.45, 7) is 0. The lowest BCUT2D eigenvalue weighted by atomic mass is 9.69. The lowest BCUT2D eigenvalue weighted by Gasteiger charge is -2.39. The zero-order valence-electron chi connectivity index (χ0n) is 18.9. The number of carbonyl (C=O) groups excluding carboxylic acids is 2. The van der Waals surface area contributed by atoms with Crippen molar-refractivity contribution in [2.45, 2.75) is 43.4 Å². The number of Topliss-reactive ketones (excluding diaryl/α,β-unsaturated/α-hetero) is 2. The molecule has 0 N–H and O–H groups in total.